The van der Waals surface area contributed by atoms with Crippen molar-refractivity contribution in [1.29, 1.82) is 0 Å². The highest BCUT2D eigenvalue weighted by atomic mass is 16.5. The molecule has 5 nitrogen and oxygen atoms in total. The third-order valence-electron chi connectivity index (χ3n) is 4.48. The molecule has 0 spiro atoms. The lowest BCUT2D eigenvalue weighted by Crippen LogP contribution is -2.49. The first kappa shape index (κ1) is 15.6. The fraction of sp³-hybridized carbons (Fsp3) is 0.933. The van der Waals surface area contributed by atoms with Crippen molar-refractivity contribution in [2.45, 2.75) is 76.7 Å². The maximum Gasteiger partial charge on any atom is 0.404 e. The van der Waals surface area contributed by atoms with Crippen LogP contribution < -0.4 is 5.32 Å². The van der Waals surface area contributed by atoms with Gasteiger partial charge in [0.05, 0.1) is 12.2 Å². The molecule has 1 saturated carbocycles. The predicted molar refractivity (Wildman–Crippen MR) is 78.0 cm³/mol. The lowest BCUT2D eigenvalue weighted by atomic mass is 9.90. The minimum absolute atomic E-state index is 0.143. The van der Waals surface area contributed by atoms with Crippen molar-refractivity contribution >= 4 is 6.09 Å². The van der Waals surface area contributed by atoms with Gasteiger partial charge in [-0.1, -0.05) is 0 Å². The number of hydrogen-bond donors (Lipinski definition) is 2. The smallest absolute Gasteiger partial charge is 0.404 e. The Morgan fingerprint density at radius 3 is 2.25 bits per heavy atom. The van der Waals surface area contributed by atoms with Gasteiger partial charge in [0.2, 0.25) is 0 Å². The van der Waals surface area contributed by atoms with E-state index in [0.29, 0.717) is 18.2 Å². The van der Waals surface area contributed by atoms with Crippen molar-refractivity contribution in [2.24, 2.45) is 0 Å². The van der Waals surface area contributed by atoms with E-state index in [2.05, 4.69) is 24.1 Å². The van der Waals surface area contributed by atoms with Crippen molar-refractivity contribution in [3.8, 4) is 0 Å². The van der Waals surface area contributed by atoms with E-state index in [0.717, 1.165) is 38.8 Å². The monoisotopic (exact) mass is 284 g/mol. The van der Waals surface area contributed by atoms with Crippen LogP contribution in [0.25, 0.3) is 0 Å². The van der Waals surface area contributed by atoms with Gasteiger partial charge in [0.25, 0.3) is 0 Å². The zero-order valence-corrected chi connectivity index (χ0v) is 12.7. The van der Waals surface area contributed by atoms with Gasteiger partial charge in [0, 0.05) is 25.2 Å². The predicted octanol–water partition coefficient (Wildman–Crippen LogP) is 2.45. The average molecular weight is 284 g/mol. The van der Waals surface area contributed by atoms with Crippen molar-refractivity contribution in [3.63, 3.8) is 0 Å². The van der Waals surface area contributed by atoms with E-state index in [-0.39, 0.29) is 6.04 Å². The van der Waals surface area contributed by atoms with Gasteiger partial charge in [-0.25, -0.2) is 4.79 Å². The van der Waals surface area contributed by atoms with Gasteiger partial charge in [0.1, 0.15) is 0 Å². The molecule has 2 fully saturated rings. The summed E-state index contributed by atoms with van der Waals surface area (Å²) in [6.45, 7) is 6.25. The van der Waals surface area contributed by atoms with Crippen LogP contribution in [0.15, 0.2) is 0 Å². The number of nitrogens with zero attached hydrogens (tertiary/aromatic N) is 1. The van der Waals surface area contributed by atoms with Gasteiger partial charge in [-0.05, 0) is 52.4 Å². The summed E-state index contributed by atoms with van der Waals surface area (Å²) in [6, 6.07) is 0.817. The number of ether oxygens (including phenoxy) is 1. The molecule has 0 aromatic rings. The van der Waals surface area contributed by atoms with Crippen LogP contribution in [0.1, 0.15) is 52.4 Å². The maximum absolute atomic E-state index is 10.6. The molecule has 1 aliphatic heterocycles. The van der Waals surface area contributed by atoms with Crippen LogP contribution in [0.3, 0.4) is 0 Å². The van der Waals surface area contributed by atoms with E-state index in [9.17, 15) is 4.79 Å². The lowest BCUT2D eigenvalue weighted by Gasteiger charge is -2.40. The van der Waals surface area contributed by atoms with E-state index in [1.807, 2.05) is 0 Å². The summed E-state index contributed by atoms with van der Waals surface area (Å²) in [5.74, 6) is 0. The van der Waals surface area contributed by atoms with Gasteiger partial charge in [-0.3, -0.25) is 0 Å². The minimum atomic E-state index is -0.894. The summed E-state index contributed by atoms with van der Waals surface area (Å²) in [6.07, 6.45) is 6.51. The van der Waals surface area contributed by atoms with Crippen LogP contribution in [0.5, 0.6) is 0 Å². The highest BCUT2D eigenvalue weighted by Gasteiger charge is 2.29. The van der Waals surface area contributed by atoms with Crippen molar-refractivity contribution in [3.05, 3.63) is 0 Å². The van der Waals surface area contributed by atoms with E-state index in [4.69, 9.17) is 9.84 Å². The molecule has 5 heteroatoms. The largest absolute Gasteiger partial charge is 0.465 e. The lowest BCUT2D eigenvalue weighted by molar-refractivity contribution is -0.0284. The first-order chi connectivity index (χ1) is 9.54. The molecule has 0 aromatic carbocycles. The summed E-state index contributed by atoms with van der Waals surface area (Å²) in [7, 11) is 0. The Balaban J connectivity index is 1.69. The Labute approximate surface area is 121 Å². The molecule has 116 valence electrons. The van der Waals surface area contributed by atoms with Crippen LogP contribution in [-0.2, 0) is 4.74 Å². The minimum Gasteiger partial charge on any atom is -0.465 e. The van der Waals surface area contributed by atoms with E-state index in [1.54, 1.807) is 0 Å². The SMILES string of the molecule is CC(C)O[C@H]1CC[C@H](N2CCC(NC(=O)O)CC2)CC1. The van der Waals surface area contributed by atoms with Gasteiger partial charge in [0.15, 0.2) is 0 Å². The number of hydrogen-bond acceptors (Lipinski definition) is 3. The molecular weight excluding hydrogens is 256 g/mol. The Hall–Kier alpha value is -0.810. The van der Waals surface area contributed by atoms with Crippen molar-refractivity contribution in [1.82, 2.24) is 10.2 Å². The average Bonchev–Trinajstić information content (AvgIpc) is 2.39. The van der Waals surface area contributed by atoms with Gasteiger partial charge >= 0.3 is 6.09 Å². The number of nitrogens with one attached hydrogen (secondary N) is 1. The Morgan fingerprint density at radius 1 is 1.15 bits per heavy atom. The highest BCUT2D eigenvalue weighted by molar-refractivity contribution is 5.64. The fourth-order valence-corrected chi connectivity index (χ4v) is 3.51. The number of rotatable bonds is 4. The Bertz CT molecular complexity index is 306. The molecule has 0 aromatic heterocycles. The third-order valence-corrected chi connectivity index (χ3v) is 4.48. The third kappa shape index (κ3) is 4.63. The number of likely N-dealkylation sites (tertiary alicyclic amines) is 1. The van der Waals surface area contributed by atoms with Crippen LogP contribution in [0.4, 0.5) is 4.79 Å². The van der Waals surface area contributed by atoms with E-state index in [1.165, 1.54) is 12.8 Å². The summed E-state index contributed by atoms with van der Waals surface area (Å²) >= 11 is 0. The van der Waals surface area contributed by atoms with Crippen LogP contribution in [0, 0.1) is 0 Å². The quantitative estimate of drug-likeness (QED) is 0.832. The van der Waals surface area contributed by atoms with Gasteiger partial charge in [-0.15, -0.1) is 0 Å². The Kier molecular flexibility index (Phi) is 5.66. The van der Waals surface area contributed by atoms with E-state index >= 15 is 0 Å². The Morgan fingerprint density at radius 2 is 1.75 bits per heavy atom. The number of piperidine rings is 1. The molecule has 0 atom stereocenters. The summed E-state index contributed by atoms with van der Waals surface area (Å²) in [4.78, 5) is 13.2. The fourth-order valence-electron chi connectivity index (χ4n) is 3.51. The molecule has 2 N–H and O–H groups in total. The highest BCUT2D eigenvalue weighted by Crippen LogP contribution is 2.27. The first-order valence-electron chi connectivity index (χ1n) is 7.93. The number of carbonyl (C=O) groups is 1. The molecule has 1 aliphatic carbocycles. The molecule has 2 rings (SSSR count). The second-order valence-electron chi connectivity index (χ2n) is 6.38. The molecule has 20 heavy (non-hydrogen) atoms. The summed E-state index contributed by atoms with van der Waals surface area (Å²) in [5.41, 5.74) is 0. The van der Waals surface area contributed by atoms with Gasteiger partial charge in [-0.2, -0.15) is 0 Å². The van der Waals surface area contributed by atoms with Gasteiger partial charge < -0.3 is 20.1 Å². The second kappa shape index (κ2) is 7.27. The summed E-state index contributed by atoms with van der Waals surface area (Å²) in [5, 5.41) is 11.3. The maximum atomic E-state index is 10.6. The molecule has 0 unspecified atom stereocenters. The normalized spacial score (nSPS) is 29.6. The summed E-state index contributed by atoms with van der Waals surface area (Å²) < 4.78 is 5.89. The molecule has 1 saturated heterocycles. The molecular formula is C15H28N2O3. The standard InChI is InChI=1S/C15H28N2O3/c1-11(2)20-14-5-3-13(4-6-14)17-9-7-12(8-10-17)16-15(18)19/h11-14,16H,3-10H2,1-2H3,(H,18,19)/t13-,14-. The van der Waals surface area contributed by atoms with Crippen LogP contribution in [0.2, 0.25) is 0 Å². The van der Waals surface area contributed by atoms with Crippen molar-refractivity contribution in [2.75, 3.05) is 13.1 Å². The first-order valence-corrected chi connectivity index (χ1v) is 7.93. The number of carboxylic acid groups (broad SMARTS) is 1. The molecule has 1 amide bonds. The number of amides is 1. The molecule has 0 bridgehead atoms. The van der Waals surface area contributed by atoms with E-state index < -0.39 is 6.09 Å². The van der Waals surface area contributed by atoms with Crippen molar-refractivity contribution < 1.29 is 14.6 Å². The molecule has 2 aliphatic rings. The topological polar surface area (TPSA) is 61.8 Å². The molecule has 0 radical (unpaired) electrons. The second-order valence-corrected chi connectivity index (χ2v) is 6.38. The van der Waals surface area contributed by atoms with Crippen LogP contribution >= 0.6 is 0 Å². The van der Waals surface area contributed by atoms with Crippen LogP contribution in [-0.4, -0.2) is 53.5 Å². The zero-order chi connectivity index (χ0) is 14.5. The zero-order valence-electron chi connectivity index (χ0n) is 12.7. The molecule has 1 heterocycles.